The van der Waals surface area contributed by atoms with Crippen molar-refractivity contribution in [3.8, 4) is 0 Å². The van der Waals surface area contributed by atoms with Gasteiger partial charge in [-0.25, -0.2) is 4.79 Å². The molecule has 1 heterocycles. The van der Waals surface area contributed by atoms with Crippen molar-refractivity contribution in [3.05, 3.63) is 70.0 Å². The van der Waals surface area contributed by atoms with Crippen molar-refractivity contribution in [1.29, 1.82) is 0 Å². The molecule has 1 aromatic carbocycles. The van der Waals surface area contributed by atoms with Crippen molar-refractivity contribution >= 4 is 12.0 Å². The largest absolute Gasteiger partial charge is 0.478 e. The molecule has 2 aliphatic carbocycles. The Labute approximate surface area is 142 Å². The highest BCUT2D eigenvalue weighted by molar-refractivity contribution is 5.91. The lowest BCUT2D eigenvalue weighted by molar-refractivity contribution is 0.0695. The first kappa shape index (κ1) is 15.1. The molecule has 122 valence electrons. The van der Waals surface area contributed by atoms with Gasteiger partial charge in [0.1, 0.15) is 0 Å². The maximum Gasteiger partial charge on any atom is 0.336 e. The van der Waals surface area contributed by atoms with Gasteiger partial charge in [0, 0.05) is 6.20 Å². The van der Waals surface area contributed by atoms with Crippen LogP contribution in [0.2, 0.25) is 0 Å². The van der Waals surface area contributed by atoms with Gasteiger partial charge in [-0.3, -0.25) is 4.98 Å². The van der Waals surface area contributed by atoms with Gasteiger partial charge in [0.2, 0.25) is 0 Å². The summed E-state index contributed by atoms with van der Waals surface area (Å²) in [7, 11) is 0. The second kappa shape index (κ2) is 6.23. The molecule has 3 nitrogen and oxygen atoms in total. The zero-order chi connectivity index (χ0) is 16.5. The molecule has 0 saturated carbocycles. The average Bonchev–Trinajstić information content (AvgIpc) is 2.89. The van der Waals surface area contributed by atoms with Crippen LogP contribution >= 0.6 is 0 Å². The minimum Gasteiger partial charge on any atom is -0.478 e. The van der Waals surface area contributed by atoms with Crippen LogP contribution in [0.15, 0.2) is 42.1 Å². The number of aromatic carboxylic acids is 1. The Morgan fingerprint density at radius 2 is 2.08 bits per heavy atom. The van der Waals surface area contributed by atoms with E-state index in [1.165, 1.54) is 42.4 Å². The van der Waals surface area contributed by atoms with E-state index < -0.39 is 5.97 Å². The lowest BCUT2D eigenvalue weighted by atomic mass is 9.86. The summed E-state index contributed by atoms with van der Waals surface area (Å²) in [4.78, 5) is 15.8. The number of allylic oxidation sites excluding steroid dienone is 1. The molecule has 0 spiro atoms. The standard InChI is InChI=1S/C21H21NO2/c23-21(24)18-9-10-22-20-13-14(12-19(18)20)11-16-7-2-1-5-15-6-3-4-8-17(15)16/h3-4,6,8-10,13,16H,1-2,5,7,11-12H2,(H,23,24). The minimum atomic E-state index is -0.858. The van der Waals surface area contributed by atoms with E-state index in [2.05, 4.69) is 35.3 Å². The molecule has 3 heteroatoms. The van der Waals surface area contributed by atoms with Gasteiger partial charge < -0.3 is 5.11 Å². The molecule has 0 fully saturated rings. The summed E-state index contributed by atoms with van der Waals surface area (Å²) >= 11 is 0. The number of nitrogens with zero attached hydrogens (tertiary/aromatic N) is 1. The van der Waals surface area contributed by atoms with Gasteiger partial charge in [-0.05, 0) is 66.9 Å². The number of carboxylic acid groups (broad SMARTS) is 1. The normalized spacial score (nSPS) is 19.2. The molecule has 2 aromatic rings. The van der Waals surface area contributed by atoms with Crippen molar-refractivity contribution in [2.24, 2.45) is 0 Å². The molecule has 0 bridgehead atoms. The molecule has 0 radical (unpaired) electrons. The van der Waals surface area contributed by atoms with Crippen LogP contribution in [-0.4, -0.2) is 16.1 Å². The van der Waals surface area contributed by atoms with Crippen LogP contribution in [0.1, 0.15) is 64.3 Å². The predicted octanol–water partition coefficient (Wildman–Crippen LogP) is 4.62. The maximum atomic E-state index is 11.4. The summed E-state index contributed by atoms with van der Waals surface area (Å²) in [6.45, 7) is 0. The topological polar surface area (TPSA) is 50.2 Å². The molecular formula is C21H21NO2. The summed E-state index contributed by atoms with van der Waals surface area (Å²) < 4.78 is 0. The fourth-order valence-electron chi connectivity index (χ4n) is 4.17. The summed E-state index contributed by atoms with van der Waals surface area (Å²) in [6, 6.07) is 10.4. The first-order valence-electron chi connectivity index (χ1n) is 8.71. The number of aromatic nitrogens is 1. The van der Waals surface area contributed by atoms with Gasteiger partial charge in [-0.2, -0.15) is 0 Å². The van der Waals surface area contributed by atoms with E-state index in [1.54, 1.807) is 12.3 Å². The van der Waals surface area contributed by atoms with Gasteiger partial charge in [0.05, 0.1) is 11.3 Å². The number of aryl methyl sites for hydroxylation is 1. The minimum absolute atomic E-state index is 0.396. The molecule has 0 saturated heterocycles. The van der Waals surface area contributed by atoms with Crippen LogP contribution in [0.4, 0.5) is 0 Å². The summed E-state index contributed by atoms with van der Waals surface area (Å²) in [5.74, 6) is -0.319. The highest BCUT2D eigenvalue weighted by Crippen LogP contribution is 2.38. The number of rotatable bonds is 3. The SMILES string of the molecule is O=C(O)c1ccnc2c1CC(CC1CCCCc3ccccc31)=C2. The summed E-state index contributed by atoms with van der Waals surface area (Å²) in [6.07, 6.45) is 10.4. The maximum absolute atomic E-state index is 11.4. The van der Waals surface area contributed by atoms with E-state index >= 15 is 0 Å². The molecule has 4 rings (SSSR count). The van der Waals surface area contributed by atoms with Gasteiger partial charge in [0.25, 0.3) is 0 Å². The first-order valence-corrected chi connectivity index (χ1v) is 8.71. The molecular weight excluding hydrogens is 298 g/mol. The number of fused-ring (bicyclic) bond motifs is 2. The third-order valence-corrected chi connectivity index (χ3v) is 5.32. The fraction of sp³-hybridized carbons (Fsp3) is 0.333. The Kier molecular flexibility index (Phi) is 3.93. The number of benzene rings is 1. The van der Waals surface area contributed by atoms with E-state index in [9.17, 15) is 9.90 Å². The van der Waals surface area contributed by atoms with Crippen molar-refractivity contribution in [1.82, 2.24) is 4.98 Å². The molecule has 1 aromatic heterocycles. The predicted molar refractivity (Wildman–Crippen MR) is 94.2 cm³/mol. The molecule has 0 amide bonds. The van der Waals surface area contributed by atoms with Crippen molar-refractivity contribution in [2.45, 2.75) is 44.4 Å². The van der Waals surface area contributed by atoms with Gasteiger partial charge in [-0.1, -0.05) is 36.3 Å². The van der Waals surface area contributed by atoms with E-state index in [-0.39, 0.29) is 0 Å². The highest BCUT2D eigenvalue weighted by Gasteiger charge is 2.24. The van der Waals surface area contributed by atoms with Crippen LogP contribution in [0.5, 0.6) is 0 Å². The fourth-order valence-corrected chi connectivity index (χ4v) is 4.17. The average molecular weight is 319 g/mol. The zero-order valence-electron chi connectivity index (χ0n) is 13.7. The van der Waals surface area contributed by atoms with E-state index in [0.29, 0.717) is 11.5 Å². The second-order valence-electron chi connectivity index (χ2n) is 6.85. The number of carboxylic acids is 1. The summed E-state index contributed by atoms with van der Waals surface area (Å²) in [5.41, 5.74) is 6.40. The molecule has 1 N–H and O–H groups in total. The monoisotopic (exact) mass is 319 g/mol. The van der Waals surface area contributed by atoms with Gasteiger partial charge in [-0.15, -0.1) is 0 Å². The van der Waals surface area contributed by atoms with E-state index in [0.717, 1.165) is 24.1 Å². The number of pyridine rings is 1. The van der Waals surface area contributed by atoms with E-state index in [1.807, 2.05) is 0 Å². The molecule has 0 aliphatic heterocycles. The van der Waals surface area contributed by atoms with Crippen LogP contribution in [0, 0.1) is 0 Å². The Hall–Kier alpha value is -2.42. The van der Waals surface area contributed by atoms with Gasteiger partial charge >= 0.3 is 5.97 Å². The third kappa shape index (κ3) is 2.75. The van der Waals surface area contributed by atoms with Crippen LogP contribution in [-0.2, 0) is 12.8 Å². The first-order chi connectivity index (χ1) is 11.7. The summed E-state index contributed by atoms with van der Waals surface area (Å²) in [5, 5.41) is 9.37. The van der Waals surface area contributed by atoms with Crippen molar-refractivity contribution < 1.29 is 9.90 Å². The van der Waals surface area contributed by atoms with Crippen LogP contribution in [0.3, 0.4) is 0 Å². The zero-order valence-corrected chi connectivity index (χ0v) is 13.7. The molecule has 1 unspecified atom stereocenters. The lowest BCUT2D eigenvalue weighted by Crippen LogP contribution is -2.05. The number of hydrogen-bond acceptors (Lipinski definition) is 2. The van der Waals surface area contributed by atoms with Crippen molar-refractivity contribution in [2.75, 3.05) is 0 Å². The van der Waals surface area contributed by atoms with Gasteiger partial charge in [0.15, 0.2) is 0 Å². The third-order valence-electron chi connectivity index (χ3n) is 5.32. The number of hydrogen-bond donors (Lipinski definition) is 1. The smallest absolute Gasteiger partial charge is 0.336 e. The Bertz CT molecular complexity index is 822. The van der Waals surface area contributed by atoms with Crippen molar-refractivity contribution in [3.63, 3.8) is 0 Å². The molecule has 2 aliphatic rings. The van der Waals surface area contributed by atoms with Crippen LogP contribution < -0.4 is 0 Å². The second-order valence-corrected chi connectivity index (χ2v) is 6.85. The van der Waals surface area contributed by atoms with Crippen LogP contribution in [0.25, 0.3) is 6.08 Å². The Balaban J connectivity index is 1.59. The quantitative estimate of drug-likeness (QED) is 0.840. The number of carbonyl (C=O) groups is 1. The lowest BCUT2D eigenvalue weighted by Gasteiger charge is -2.18. The Morgan fingerprint density at radius 3 is 2.96 bits per heavy atom. The van der Waals surface area contributed by atoms with E-state index in [4.69, 9.17) is 0 Å². The molecule has 1 atom stereocenters. The molecule has 24 heavy (non-hydrogen) atoms. The highest BCUT2D eigenvalue weighted by atomic mass is 16.4. The Morgan fingerprint density at radius 1 is 1.21 bits per heavy atom.